The molecule has 2 atom stereocenters. The van der Waals surface area contributed by atoms with Gasteiger partial charge in [0.2, 0.25) is 0 Å². The first kappa shape index (κ1) is 13.9. The van der Waals surface area contributed by atoms with E-state index < -0.39 is 12.2 Å². The molecule has 1 heterocycles. The minimum atomic E-state index is -1.02. The van der Waals surface area contributed by atoms with Crippen LogP contribution in [0.1, 0.15) is 17.2 Å². The number of aliphatic hydroxyl groups excluding tert-OH is 2. The first-order valence-corrected chi connectivity index (χ1v) is 7.35. The SMILES string of the molecule is O=c1cc(-c2ccccc2)oc2c3c(ccc12)[C@@H](O)[C@H](O)C=C3. The zero-order chi connectivity index (χ0) is 16.0. The van der Waals surface area contributed by atoms with Gasteiger partial charge in [-0.2, -0.15) is 0 Å². The molecule has 0 bridgehead atoms. The van der Waals surface area contributed by atoms with Crippen LogP contribution in [0.2, 0.25) is 0 Å². The molecule has 23 heavy (non-hydrogen) atoms. The Bertz CT molecular complexity index is 970. The molecule has 0 radical (unpaired) electrons. The van der Waals surface area contributed by atoms with E-state index >= 15 is 0 Å². The van der Waals surface area contributed by atoms with Crippen molar-refractivity contribution >= 4 is 17.0 Å². The summed E-state index contributed by atoms with van der Waals surface area (Å²) in [6, 6.07) is 14.1. The molecule has 3 aromatic rings. The average molecular weight is 306 g/mol. The summed E-state index contributed by atoms with van der Waals surface area (Å²) in [5.74, 6) is 0.477. The highest BCUT2D eigenvalue weighted by molar-refractivity contribution is 5.89. The van der Waals surface area contributed by atoms with Gasteiger partial charge >= 0.3 is 0 Å². The van der Waals surface area contributed by atoms with Gasteiger partial charge in [0, 0.05) is 17.2 Å². The van der Waals surface area contributed by atoms with Crippen LogP contribution in [0.3, 0.4) is 0 Å². The Labute approximate surface area is 131 Å². The minimum Gasteiger partial charge on any atom is -0.455 e. The molecule has 4 rings (SSSR count). The van der Waals surface area contributed by atoms with Crippen LogP contribution in [-0.2, 0) is 0 Å². The lowest BCUT2D eigenvalue weighted by Gasteiger charge is -2.22. The van der Waals surface area contributed by atoms with Gasteiger partial charge in [-0.3, -0.25) is 4.79 Å². The average Bonchev–Trinajstić information content (AvgIpc) is 2.58. The van der Waals surface area contributed by atoms with Crippen molar-refractivity contribution in [3.63, 3.8) is 0 Å². The summed E-state index contributed by atoms with van der Waals surface area (Å²) in [6.45, 7) is 0. The highest BCUT2D eigenvalue weighted by atomic mass is 16.3. The van der Waals surface area contributed by atoms with E-state index in [1.165, 1.54) is 12.1 Å². The number of hydrogen-bond acceptors (Lipinski definition) is 4. The molecule has 0 saturated heterocycles. The van der Waals surface area contributed by atoms with Crippen LogP contribution in [-0.4, -0.2) is 16.3 Å². The summed E-state index contributed by atoms with van der Waals surface area (Å²) in [5.41, 5.74) is 2.29. The van der Waals surface area contributed by atoms with E-state index in [0.29, 0.717) is 27.9 Å². The topological polar surface area (TPSA) is 70.7 Å². The molecule has 2 N–H and O–H groups in total. The molecule has 0 amide bonds. The molecule has 4 heteroatoms. The van der Waals surface area contributed by atoms with E-state index in [0.717, 1.165) is 5.56 Å². The molecule has 2 aromatic carbocycles. The molecule has 1 aromatic heterocycles. The molecule has 0 spiro atoms. The van der Waals surface area contributed by atoms with E-state index in [1.54, 1.807) is 18.2 Å². The zero-order valence-electron chi connectivity index (χ0n) is 12.1. The predicted octanol–water partition coefficient (Wildman–Crippen LogP) is 2.88. The molecular weight excluding hydrogens is 292 g/mol. The summed E-state index contributed by atoms with van der Waals surface area (Å²) < 4.78 is 5.97. The minimum absolute atomic E-state index is 0.137. The number of aliphatic hydroxyl groups is 2. The fourth-order valence-corrected chi connectivity index (χ4v) is 2.91. The van der Waals surface area contributed by atoms with Gasteiger partial charge in [-0.15, -0.1) is 0 Å². The Hall–Kier alpha value is -2.69. The molecule has 0 saturated carbocycles. The van der Waals surface area contributed by atoms with Crippen LogP contribution >= 0.6 is 0 Å². The van der Waals surface area contributed by atoms with Gasteiger partial charge in [0.15, 0.2) is 5.43 Å². The Morgan fingerprint density at radius 3 is 2.57 bits per heavy atom. The van der Waals surface area contributed by atoms with Crippen LogP contribution in [0.5, 0.6) is 0 Å². The summed E-state index contributed by atoms with van der Waals surface area (Å²) in [7, 11) is 0. The Balaban J connectivity index is 2.03. The third-order valence-electron chi connectivity index (χ3n) is 4.13. The predicted molar refractivity (Wildman–Crippen MR) is 87.9 cm³/mol. The monoisotopic (exact) mass is 306 g/mol. The van der Waals surface area contributed by atoms with Crippen LogP contribution in [0.15, 0.2) is 63.8 Å². The largest absolute Gasteiger partial charge is 0.455 e. The molecule has 4 nitrogen and oxygen atoms in total. The normalized spacial score (nSPS) is 19.7. The van der Waals surface area contributed by atoms with Crippen molar-refractivity contribution in [2.45, 2.75) is 12.2 Å². The Morgan fingerprint density at radius 2 is 1.78 bits per heavy atom. The molecule has 0 aliphatic heterocycles. The smallest absolute Gasteiger partial charge is 0.193 e. The van der Waals surface area contributed by atoms with Gasteiger partial charge in [-0.1, -0.05) is 48.6 Å². The molecule has 114 valence electrons. The maximum absolute atomic E-state index is 12.4. The fraction of sp³-hybridized carbons (Fsp3) is 0.105. The van der Waals surface area contributed by atoms with Gasteiger partial charge in [-0.25, -0.2) is 0 Å². The van der Waals surface area contributed by atoms with Gasteiger partial charge < -0.3 is 14.6 Å². The maximum atomic E-state index is 12.4. The van der Waals surface area contributed by atoms with E-state index in [9.17, 15) is 15.0 Å². The van der Waals surface area contributed by atoms with E-state index in [2.05, 4.69) is 0 Å². The van der Waals surface area contributed by atoms with E-state index in [4.69, 9.17) is 4.42 Å². The third kappa shape index (κ3) is 2.20. The molecular formula is C19H14O4. The Kier molecular flexibility index (Phi) is 3.15. The summed E-state index contributed by atoms with van der Waals surface area (Å²) in [5, 5.41) is 20.3. The highest BCUT2D eigenvalue weighted by Gasteiger charge is 2.25. The van der Waals surface area contributed by atoms with Gasteiger partial charge in [0.25, 0.3) is 0 Å². The number of rotatable bonds is 1. The van der Waals surface area contributed by atoms with Crippen LogP contribution in [0.4, 0.5) is 0 Å². The Morgan fingerprint density at radius 1 is 1.00 bits per heavy atom. The van der Waals surface area contributed by atoms with Crippen LogP contribution in [0, 0.1) is 0 Å². The van der Waals surface area contributed by atoms with Gasteiger partial charge in [0.05, 0.1) is 5.39 Å². The number of benzene rings is 2. The van der Waals surface area contributed by atoms with Crippen molar-refractivity contribution in [2.75, 3.05) is 0 Å². The van der Waals surface area contributed by atoms with Crippen molar-refractivity contribution < 1.29 is 14.6 Å². The fourth-order valence-electron chi connectivity index (χ4n) is 2.91. The summed E-state index contributed by atoms with van der Waals surface area (Å²) in [6.07, 6.45) is 1.21. The first-order valence-electron chi connectivity index (χ1n) is 7.35. The lowest BCUT2D eigenvalue weighted by atomic mass is 9.91. The number of fused-ring (bicyclic) bond motifs is 3. The molecule has 0 unspecified atom stereocenters. The quantitative estimate of drug-likeness (QED) is 0.725. The first-order chi connectivity index (χ1) is 11.1. The lowest BCUT2D eigenvalue weighted by molar-refractivity contribution is 0.0470. The van der Waals surface area contributed by atoms with Crippen molar-refractivity contribution in [2.24, 2.45) is 0 Å². The van der Waals surface area contributed by atoms with Crippen LogP contribution in [0.25, 0.3) is 28.4 Å². The maximum Gasteiger partial charge on any atom is 0.193 e. The van der Waals surface area contributed by atoms with E-state index in [-0.39, 0.29) is 5.43 Å². The summed E-state index contributed by atoms with van der Waals surface area (Å²) >= 11 is 0. The molecule has 1 aliphatic carbocycles. The van der Waals surface area contributed by atoms with Crippen molar-refractivity contribution in [3.05, 3.63) is 76.0 Å². The molecule has 0 fully saturated rings. The molecule has 1 aliphatic rings. The van der Waals surface area contributed by atoms with Crippen molar-refractivity contribution in [1.29, 1.82) is 0 Å². The van der Waals surface area contributed by atoms with Gasteiger partial charge in [-0.05, 0) is 11.6 Å². The standard InChI is InChI=1S/C19H14O4/c20-15-9-8-13-12(18(15)22)6-7-14-16(21)10-17(23-19(13)14)11-4-2-1-3-5-11/h1-10,15,18,20,22H/t15-,18-/m1/s1. The lowest BCUT2D eigenvalue weighted by Crippen LogP contribution is -2.19. The second-order valence-corrected chi connectivity index (χ2v) is 5.58. The van der Waals surface area contributed by atoms with Gasteiger partial charge in [0.1, 0.15) is 23.6 Å². The second-order valence-electron chi connectivity index (χ2n) is 5.58. The second kappa shape index (κ2) is 5.19. The van der Waals surface area contributed by atoms with E-state index in [1.807, 2.05) is 30.3 Å². The van der Waals surface area contributed by atoms with Crippen molar-refractivity contribution in [3.8, 4) is 11.3 Å². The van der Waals surface area contributed by atoms with Crippen LogP contribution < -0.4 is 5.43 Å². The third-order valence-corrected chi connectivity index (χ3v) is 4.13. The highest BCUT2D eigenvalue weighted by Crippen LogP contribution is 2.34. The van der Waals surface area contributed by atoms with Crippen molar-refractivity contribution in [1.82, 2.24) is 0 Å². The summed E-state index contributed by atoms with van der Waals surface area (Å²) in [4.78, 5) is 12.4. The number of hydrogen-bond donors (Lipinski definition) is 2. The zero-order valence-corrected chi connectivity index (χ0v) is 12.1.